The number of carbonyl (C=O) groups is 1. The van der Waals surface area contributed by atoms with Crippen LogP contribution in [0.5, 0.6) is 0 Å². The smallest absolute Gasteiger partial charge is 0.307 e. The Morgan fingerprint density at radius 3 is 2.62 bits per heavy atom. The average Bonchev–Trinajstić information content (AvgIpc) is 2.46. The second-order valence-corrected chi connectivity index (χ2v) is 4.58. The Morgan fingerprint density at radius 2 is 2.19 bits per heavy atom. The summed E-state index contributed by atoms with van der Waals surface area (Å²) in [5, 5.41) is 4.38. The molecule has 0 bridgehead atoms. The van der Waals surface area contributed by atoms with E-state index in [1.807, 2.05) is 32.4 Å². The number of aryl methyl sites for hydroxylation is 1. The zero-order valence-corrected chi connectivity index (χ0v) is 11.7. The number of aromatic nitrogens is 2. The summed E-state index contributed by atoms with van der Waals surface area (Å²) in [5.74, 6) is -0.182. The van der Waals surface area contributed by atoms with Gasteiger partial charge in [-0.25, -0.2) is 0 Å². The maximum atomic E-state index is 11.4. The molecule has 1 heterocycles. The summed E-state index contributed by atoms with van der Waals surface area (Å²) in [5.41, 5.74) is 1.97. The lowest BCUT2D eigenvalue weighted by Crippen LogP contribution is -2.15. The van der Waals surface area contributed by atoms with Crippen LogP contribution in [-0.4, -0.2) is 22.4 Å². The van der Waals surface area contributed by atoms with Gasteiger partial charge in [0.2, 0.25) is 0 Å². The van der Waals surface area contributed by atoms with Crippen LogP contribution in [0.15, 0.2) is 4.47 Å². The molecule has 0 aromatic carbocycles. The standard InChI is InChI=1S/C11H17BrN2O2/c1-5-16-10(15)6-7(2)14-9(4)11(12)8(3)13-14/h7H,5-6H2,1-4H3. The molecule has 0 aliphatic heterocycles. The molecule has 5 heteroatoms. The number of carbonyl (C=O) groups excluding carboxylic acids is 1. The Hall–Kier alpha value is -0.840. The third-order valence-electron chi connectivity index (χ3n) is 2.42. The average molecular weight is 289 g/mol. The Bertz CT molecular complexity index is 388. The van der Waals surface area contributed by atoms with Gasteiger partial charge in [0.1, 0.15) is 0 Å². The quantitative estimate of drug-likeness (QED) is 0.801. The molecule has 0 fully saturated rings. The second kappa shape index (κ2) is 5.48. The van der Waals surface area contributed by atoms with Crippen LogP contribution in [-0.2, 0) is 9.53 Å². The third kappa shape index (κ3) is 2.84. The summed E-state index contributed by atoms with van der Waals surface area (Å²) >= 11 is 3.47. The first kappa shape index (κ1) is 13.2. The van der Waals surface area contributed by atoms with Gasteiger partial charge in [0.15, 0.2) is 0 Å². The number of hydrogen-bond donors (Lipinski definition) is 0. The van der Waals surface area contributed by atoms with Crippen LogP contribution in [0, 0.1) is 13.8 Å². The van der Waals surface area contributed by atoms with Crippen molar-refractivity contribution in [2.75, 3.05) is 6.61 Å². The number of halogens is 1. The van der Waals surface area contributed by atoms with Crippen LogP contribution >= 0.6 is 15.9 Å². The van der Waals surface area contributed by atoms with Gasteiger partial charge >= 0.3 is 5.97 Å². The molecule has 1 unspecified atom stereocenters. The van der Waals surface area contributed by atoms with E-state index in [1.54, 1.807) is 0 Å². The highest BCUT2D eigenvalue weighted by Crippen LogP contribution is 2.24. The fourth-order valence-corrected chi connectivity index (χ4v) is 1.88. The summed E-state index contributed by atoms with van der Waals surface area (Å²) in [4.78, 5) is 11.4. The van der Waals surface area contributed by atoms with Gasteiger partial charge in [0.05, 0.1) is 34.9 Å². The van der Waals surface area contributed by atoms with Gasteiger partial charge < -0.3 is 4.74 Å². The summed E-state index contributed by atoms with van der Waals surface area (Å²) < 4.78 is 7.78. The lowest BCUT2D eigenvalue weighted by molar-refractivity contribution is -0.143. The van der Waals surface area contributed by atoms with Crippen molar-refractivity contribution in [1.29, 1.82) is 0 Å². The van der Waals surface area contributed by atoms with E-state index in [1.165, 1.54) is 0 Å². The van der Waals surface area contributed by atoms with Crippen LogP contribution in [0.2, 0.25) is 0 Å². The van der Waals surface area contributed by atoms with Crippen LogP contribution in [0.4, 0.5) is 0 Å². The molecule has 0 spiro atoms. The molecule has 0 amide bonds. The number of nitrogens with zero attached hydrogens (tertiary/aromatic N) is 2. The highest BCUT2D eigenvalue weighted by Gasteiger charge is 2.17. The molecule has 0 saturated carbocycles. The highest BCUT2D eigenvalue weighted by molar-refractivity contribution is 9.10. The van der Waals surface area contributed by atoms with Gasteiger partial charge in [-0.1, -0.05) is 0 Å². The molecule has 0 aliphatic rings. The van der Waals surface area contributed by atoms with E-state index in [2.05, 4.69) is 21.0 Å². The van der Waals surface area contributed by atoms with Crippen molar-refractivity contribution in [3.8, 4) is 0 Å². The molecule has 16 heavy (non-hydrogen) atoms. The van der Waals surface area contributed by atoms with E-state index < -0.39 is 0 Å². The Kier molecular flexibility index (Phi) is 4.53. The molecule has 0 N–H and O–H groups in total. The van der Waals surface area contributed by atoms with Crippen molar-refractivity contribution in [2.45, 2.75) is 40.2 Å². The summed E-state index contributed by atoms with van der Waals surface area (Å²) in [6.45, 7) is 8.11. The first-order valence-corrected chi connectivity index (χ1v) is 6.13. The first-order valence-electron chi connectivity index (χ1n) is 5.34. The SMILES string of the molecule is CCOC(=O)CC(C)n1nc(C)c(Br)c1C. The van der Waals surface area contributed by atoms with Gasteiger partial charge in [-0.15, -0.1) is 0 Å². The first-order chi connectivity index (χ1) is 7.47. The molecule has 1 rings (SSSR count). The van der Waals surface area contributed by atoms with Gasteiger partial charge in [-0.3, -0.25) is 9.48 Å². The maximum absolute atomic E-state index is 11.4. The minimum absolute atomic E-state index is 0.0176. The van der Waals surface area contributed by atoms with E-state index in [9.17, 15) is 4.79 Å². The Labute approximate surface area is 104 Å². The van der Waals surface area contributed by atoms with Crippen LogP contribution in [0.25, 0.3) is 0 Å². The lowest BCUT2D eigenvalue weighted by Gasteiger charge is -2.13. The van der Waals surface area contributed by atoms with Crippen molar-refractivity contribution in [3.63, 3.8) is 0 Å². The van der Waals surface area contributed by atoms with Gasteiger partial charge in [-0.05, 0) is 43.6 Å². The normalized spacial score (nSPS) is 12.6. The van der Waals surface area contributed by atoms with Crippen molar-refractivity contribution in [2.24, 2.45) is 0 Å². The summed E-state index contributed by atoms with van der Waals surface area (Å²) in [7, 11) is 0. The van der Waals surface area contributed by atoms with Crippen molar-refractivity contribution in [3.05, 3.63) is 15.9 Å². The van der Waals surface area contributed by atoms with E-state index in [-0.39, 0.29) is 12.0 Å². The zero-order valence-electron chi connectivity index (χ0n) is 10.1. The number of hydrogen-bond acceptors (Lipinski definition) is 3. The lowest BCUT2D eigenvalue weighted by atomic mass is 10.2. The molecule has 4 nitrogen and oxygen atoms in total. The summed E-state index contributed by atoms with van der Waals surface area (Å²) in [6, 6.07) is 0.0176. The highest BCUT2D eigenvalue weighted by atomic mass is 79.9. The van der Waals surface area contributed by atoms with Crippen LogP contribution in [0.3, 0.4) is 0 Å². The number of rotatable bonds is 4. The molecule has 1 aromatic heterocycles. The molecule has 0 saturated heterocycles. The predicted molar refractivity (Wildman–Crippen MR) is 65.4 cm³/mol. The van der Waals surface area contributed by atoms with Crippen molar-refractivity contribution >= 4 is 21.9 Å². The predicted octanol–water partition coefficient (Wildman–Crippen LogP) is 2.78. The molecule has 1 atom stereocenters. The molecule has 90 valence electrons. The Morgan fingerprint density at radius 1 is 1.56 bits per heavy atom. The van der Waals surface area contributed by atoms with Crippen LogP contribution in [0.1, 0.15) is 37.7 Å². The third-order valence-corrected chi connectivity index (χ3v) is 3.57. The second-order valence-electron chi connectivity index (χ2n) is 3.79. The fraction of sp³-hybridized carbons (Fsp3) is 0.636. The zero-order chi connectivity index (χ0) is 12.3. The monoisotopic (exact) mass is 288 g/mol. The number of ether oxygens (including phenoxy) is 1. The van der Waals surface area contributed by atoms with Crippen LogP contribution < -0.4 is 0 Å². The van der Waals surface area contributed by atoms with E-state index in [0.29, 0.717) is 13.0 Å². The van der Waals surface area contributed by atoms with E-state index in [4.69, 9.17) is 4.74 Å². The number of esters is 1. The minimum Gasteiger partial charge on any atom is -0.466 e. The van der Waals surface area contributed by atoms with Crippen molar-refractivity contribution < 1.29 is 9.53 Å². The minimum atomic E-state index is -0.182. The molecular weight excluding hydrogens is 272 g/mol. The molecule has 1 aromatic rings. The fourth-order valence-electron chi connectivity index (χ4n) is 1.62. The van der Waals surface area contributed by atoms with Gasteiger partial charge in [0, 0.05) is 0 Å². The van der Waals surface area contributed by atoms with Gasteiger partial charge in [-0.2, -0.15) is 5.10 Å². The molecule has 0 aliphatic carbocycles. The molecule has 0 radical (unpaired) electrons. The maximum Gasteiger partial charge on any atom is 0.307 e. The van der Waals surface area contributed by atoms with E-state index in [0.717, 1.165) is 15.9 Å². The largest absolute Gasteiger partial charge is 0.466 e. The van der Waals surface area contributed by atoms with Gasteiger partial charge in [0.25, 0.3) is 0 Å². The Balaban J connectivity index is 2.76. The topological polar surface area (TPSA) is 44.1 Å². The van der Waals surface area contributed by atoms with Crippen molar-refractivity contribution in [1.82, 2.24) is 9.78 Å². The van der Waals surface area contributed by atoms with E-state index >= 15 is 0 Å². The molecular formula is C11H17BrN2O2. The summed E-state index contributed by atoms with van der Waals surface area (Å²) in [6.07, 6.45) is 0.349.